The molecule has 0 aliphatic heterocycles. The first kappa shape index (κ1) is 76.3. The van der Waals surface area contributed by atoms with Crippen molar-refractivity contribution in [3.8, 4) is 134 Å². The Kier molecular flexibility index (Phi) is 18.9. The Labute approximate surface area is 705 Å². The van der Waals surface area contributed by atoms with Crippen molar-refractivity contribution in [1.29, 1.82) is 0 Å². The fourth-order valence-electron chi connectivity index (χ4n) is 19.0. The number of hydrogen-bond donors (Lipinski definition) is 0. The second kappa shape index (κ2) is 29.7. The maximum Gasteiger partial charge on any atom is 0.160 e. The fourth-order valence-corrected chi connectivity index (χ4v) is 19.0. The minimum Gasteiger partial charge on any atom is -0.244 e. The molecule has 21 rings (SSSR count). The van der Waals surface area contributed by atoms with Crippen LogP contribution in [0.5, 0.6) is 0 Å². The van der Waals surface area contributed by atoms with Crippen molar-refractivity contribution < 1.29 is 0 Å². The van der Waals surface area contributed by atoms with Crippen LogP contribution in [0.4, 0.5) is 0 Å². The van der Waals surface area contributed by atoms with Gasteiger partial charge in [0.1, 0.15) is 0 Å². The summed E-state index contributed by atoms with van der Waals surface area (Å²) in [7, 11) is 0. The van der Waals surface area contributed by atoms with Crippen LogP contribution in [0.1, 0.15) is 116 Å². The van der Waals surface area contributed by atoms with Gasteiger partial charge in [0.15, 0.2) is 5.82 Å². The van der Waals surface area contributed by atoms with Crippen molar-refractivity contribution in [2.45, 2.75) is 116 Å². The predicted octanol–water partition coefficient (Wildman–Crippen LogP) is 29.6. The molecule has 0 bridgehead atoms. The molecule has 120 heavy (non-hydrogen) atoms. The second-order valence-corrected chi connectivity index (χ2v) is 35.7. The molecule has 0 fully saturated rings. The molecule has 3 aliphatic rings. The summed E-state index contributed by atoms with van der Waals surface area (Å²) in [6.45, 7) is 28.6. The van der Waals surface area contributed by atoms with E-state index in [0.717, 1.165) is 112 Å². The molecular formula is C114H96N6. The summed E-state index contributed by atoms with van der Waals surface area (Å²) in [5.41, 5.74) is 38.8. The minimum atomic E-state index is -0.116. The lowest BCUT2D eigenvalue weighted by Gasteiger charge is -2.49. The first-order chi connectivity index (χ1) is 58.1. The third kappa shape index (κ3) is 12.9. The Balaban J connectivity index is 0.000000119. The second-order valence-electron chi connectivity index (χ2n) is 35.7. The summed E-state index contributed by atoms with van der Waals surface area (Å²) in [6.07, 6.45) is 0. The van der Waals surface area contributed by atoms with Gasteiger partial charge in [-0.3, -0.25) is 0 Å². The third-order valence-corrected chi connectivity index (χ3v) is 27.7. The molecule has 0 spiro atoms. The summed E-state index contributed by atoms with van der Waals surface area (Å²) in [4.78, 5) is 31.1. The van der Waals surface area contributed by atoms with Gasteiger partial charge < -0.3 is 0 Å². The Morgan fingerprint density at radius 3 is 0.942 bits per heavy atom. The van der Waals surface area contributed by atoms with Crippen LogP contribution in [0, 0.1) is 0 Å². The normalized spacial score (nSPS) is 14.9. The molecule has 0 saturated heterocycles. The van der Waals surface area contributed by atoms with Gasteiger partial charge in [-0.1, -0.05) is 405 Å². The lowest BCUT2D eigenvalue weighted by molar-refractivity contribution is 0.299. The summed E-state index contributed by atoms with van der Waals surface area (Å²) < 4.78 is 0. The molecule has 0 unspecified atom stereocenters. The number of nitrogens with zero attached hydrogens (tertiary/aromatic N) is 6. The highest BCUT2D eigenvalue weighted by Gasteiger charge is 2.49. The molecule has 0 amide bonds. The van der Waals surface area contributed by atoms with Crippen LogP contribution in [-0.2, 0) is 32.5 Å². The summed E-state index contributed by atoms with van der Waals surface area (Å²) in [5, 5.41) is 1.06. The summed E-state index contributed by atoms with van der Waals surface area (Å²) in [5.74, 6) is 0.746. The van der Waals surface area contributed by atoms with E-state index in [2.05, 4.69) is 399 Å². The standard InChI is InChI=1S/3C38H32N2/c1-37(2)31-23-12-11-19-27(31)28-20-13-21-29(33(28)38(37,3)4)30-22-14-24-32-36(30)40-35(26-17-9-6-10-18-26)34(39-32)25-15-7-5-8-16-25;1-37(2)32-18-12-11-17-29(32)30-21-19-28(24-33(30)38(37,3)4)27-20-22-34-31(23-27)35(25-13-7-5-8-14-25)40-36(39-34)26-15-9-6-10-16-26;1-37(2)31-18-12-11-17-29(31)30-21-19-27(23-32(30)38(37,3)4)28-20-22-33-34(24-28)40-36(26-15-9-6-10-16-26)35(39-33)25-13-7-5-8-14-25/h3*5-24H,1-4H3. The number of fused-ring (bicyclic) bond motifs is 12. The Morgan fingerprint density at radius 1 is 0.167 bits per heavy atom. The molecule has 15 aromatic carbocycles. The molecule has 0 saturated carbocycles. The quantitative estimate of drug-likeness (QED) is 0.143. The number of rotatable bonds is 9. The van der Waals surface area contributed by atoms with Gasteiger partial charge in [0.2, 0.25) is 0 Å². The maximum atomic E-state index is 5.41. The molecule has 18 aromatic rings. The van der Waals surface area contributed by atoms with E-state index in [1.54, 1.807) is 0 Å². The van der Waals surface area contributed by atoms with Crippen molar-refractivity contribution in [3.63, 3.8) is 0 Å². The lowest BCUT2D eigenvalue weighted by Crippen LogP contribution is -2.43. The smallest absolute Gasteiger partial charge is 0.160 e. The minimum absolute atomic E-state index is 0.000753. The summed E-state index contributed by atoms with van der Waals surface area (Å²) in [6, 6.07) is 129. The van der Waals surface area contributed by atoms with Crippen LogP contribution in [0.2, 0.25) is 0 Å². The highest BCUT2D eigenvalue weighted by atomic mass is 14.9. The zero-order valence-electron chi connectivity index (χ0n) is 70.3. The Bertz CT molecular complexity index is 6990. The van der Waals surface area contributed by atoms with Gasteiger partial charge in [-0.25, -0.2) is 29.9 Å². The SMILES string of the molecule is CC1(C)c2ccccc2-c2ccc(-c3ccc4nc(-c5ccccc5)c(-c5ccccc5)nc4c3)cc2C1(C)C.CC1(C)c2ccccc2-c2ccc(-c3ccc4nc(-c5ccccc5)nc(-c5ccccc5)c4c3)cc2C1(C)C.CC1(C)c2ccccc2-c2cccc(-c3cccc4nc(-c5ccccc5)c(-c5ccccc5)nc34)c2C1(C)C. The molecule has 3 heterocycles. The molecule has 3 aromatic heterocycles. The predicted molar refractivity (Wildman–Crippen MR) is 502 cm³/mol. The highest BCUT2D eigenvalue weighted by molar-refractivity contribution is 6.00. The Hall–Kier alpha value is -13.7. The van der Waals surface area contributed by atoms with Crippen molar-refractivity contribution >= 4 is 33.0 Å². The van der Waals surface area contributed by atoms with Crippen LogP contribution in [0.25, 0.3) is 167 Å². The van der Waals surface area contributed by atoms with E-state index < -0.39 is 0 Å². The molecule has 0 radical (unpaired) electrons. The van der Waals surface area contributed by atoms with Crippen LogP contribution in [-0.4, -0.2) is 29.9 Å². The maximum absolute atomic E-state index is 5.41. The lowest BCUT2D eigenvalue weighted by atomic mass is 9.54. The van der Waals surface area contributed by atoms with Crippen molar-refractivity contribution in [3.05, 3.63) is 397 Å². The van der Waals surface area contributed by atoms with Crippen LogP contribution in [0.15, 0.2) is 364 Å². The van der Waals surface area contributed by atoms with Gasteiger partial charge in [-0.15, -0.1) is 0 Å². The number of para-hydroxylation sites is 1. The first-order valence-corrected chi connectivity index (χ1v) is 42.1. The summed E-state index contributed by atoms with van der Waals surface area (Å²) >= 11 is 0. The van der Waals surface area contributed by atoms with Crippen LogP contribution in [0.3, 0.4) is 0 Å². The van der Waals surface area contributed by atoms with Gasteiger partial charge in [-0.05, 0) is 164 Å². The van der Waals surface area contributed by atoms with E-state index >= 15 is 0 Å². The van der Waals surface area contributed by atoms with Gasteiger partial charge in [-0.2, -0.15) is 0 Å². The number of aromatic nitrogens is 6. The average molecular weight is 1550 g/mol. The van der Waals surface area contributed by atoms with Crippen molar-refractivity contribution in [2.75, 3.05) is 0 Å². The van der Waals surface area contributed by atoms with Gasteiger partial charge >= 0.3 is 0 Å². The largest absolute Gasteiger partial charge is 0.244 e. The van der Waals surface area contributed by atoms with E-state index in [9.17, 15) is 0 Å². The van der Waals surface area contributed by atoms with Crippen LogP contribution >= 0.6 is 0 Å². The van der Waals surface area contributed by atoms with Gasteiger partial charge in [0, 0.05) is 49.7 Å². The molecule has 0 N–H and O–H groups in total. The molecule has 582 valence electrons. The van der Waals surface area contributed by atoms with E-state index in [0.29, 0.717) is 0 Å². The zero-order valence-corrected chi connectivity index (χ0v) is 70.3. The monoisotopic (exact) mass is 1550 g/mol. The van der Waals surface area contributed by atoms with E-state index in [1.165, 1.54) is 89.0 Å². The van der Waals surface area contributed by atoms with Crippen molar-refractivity contribution in [2.24, 2.45) is 0 Å². The third-order valence-electron chi connectivity index (χ3n) is 27.7. The van der Waals surface area contributed by atoms with E-state index in [1.807, 2.05) is 48.5 Å². The van der Waals surface area contributed by atoms with Crippen LogP contribution < -0.4 is 0 Å². The molecule has 6 heteroatoms. The number of benzene rings is 15. The molecule has 6 nitrogen and oxygen atoms in total. The first-order valence-electron chi connectivity index (χ1n) is 42.1. The molecule has 3 aliphatic carbocycles. The van der Waals surface area contributed by atoms with Crippen molar-refractivity contribution in [1.82, 2.24) is 29.9 Å². The van der Waals surface area contributed by atoms with E-state index in [-0.39, 0.29) is 32.5 Å². The van der Waals surface area contributed by atoms with Gasteiger partial charge in [0.05, 0.1) is 56.1 Å². The molecule has 0 atom stereocenters. The zero-order chi connectivity index (χ0) is 82.5. The van der Waals surface area contributed by atoms with Gasteiger partial charge in [0.25, 0.3) is 0 Å². The highest BCUT2D eigenvalue weighted by Crippen LogP contribution is 2.59. The number of hydrogen-bond acceptors (Lipinski definition) is 6. The average Bonchev–Trinajstić information content (AvgIpc) is 0.720. The fraction of sp³-hybridized carbons (Fsp3) is 0.158. The molecular weight excluding hydrogens is 1450 g/mol. The van der Waals surface area contributed by atoms with E-state index in [4.69, 9.17) is 29.9 Å². The topological polar surface area (TPSA) is 77.3 Å². The Morgan fingerprint density at radius 2 is 0.475 bits per heavy atom.